The Morgan fingerprint density at radius 1 is 0.833 bits per heavy atom. The summed E-state index contributed by atoms with van der Waals surface area (Å²) < 4.78 is 28.2. The first-order chi connectivity index (χ1) is 14.6. The summed E-state index contributed by atoms with van der Waals surface area (Å²) in [4.78, 5) is 3.28. The Labute approximate surface area is 175 Å². The quantitative estimate of drug-likeness (QED) is 0.478. The summed E-state index contributed by atoms with van der Waals surface area (Å²) in [5.41, 5.74) is 4.73. The molecule has 5 rings (SSSR count). The van der Waals surface area contributed by atoms with E-state index in [1.807, 2.05) is 91.1 Å². The Morgan fingerprint density at radius 3 is 2.43 bits per heavy atom. The summed E-state index contributed by atoms with van der Waals surface area (Å²) in [6, 6.07) is 24.9. The molecule has 1 aliphatic rings. The van der Waals surface area contributed by atoms with Crippen molar-refractivity contribution >= 4 is 33.1 Å². The second kappa shape index (κ2) is 7.35. The number of H-pyrrole nitrogens is 1. The van der Waals surface area contributed by atoms with Gasteiger partial charge in [-0.25, -0.2) is 8.42 Å². The highest BCUT2D eigenvalue weighted by atomic mass is 32.2. The summed E-state index contributed by atoms with van der Waals surface area (Å²) in [5.74, 6) is 0. The van der Waals surface area contributed by atoms with Crippen molar-refractivity contribution in [3.63, 3.8) is 0 Å². The second-order valence-corrected chi connectivity index (χ2v) is 8.95. The van der Waals surface area contributed by atoms with Crippen LogP contribution in [0.2, 0.25) is 0 Å². The molecule has 0 unspecified atom stereocenters. The van der Waals surface area contributed by atoms with Crippen molar-refractivity contribution in [2.45, 2.75) is 6.04 Å². The van der Waals surface area contributed by atoms with Gasteiger partial charge in [-0.1, -0.05) is 72.8 Å². The molecule has 0 aliphatic carbocycles. The van der Waals surface area contributed by atoms with E-state index in [-0.39, 0.29) is 0 Å². The lowest BCUT2D eigenvalue weighted by atomic mass is 9.92. The Kier molecular flexibility index (Phi) is 4.52. The van der Waals surface area contributed by atoms with Gasteiger partial charge in [0.1, 0.15) is 0 Å². The highest BCUT2D eigenvalue weighted by Gasteiger charge is 2.33. The van der Waals surface area contributed by atoms with E-state index in [0.717, 1.165) is 33.2 Å². The number of rotatable bonds is 4. The molecule has 2 heterocycles. The van der Waals surface area contributed by atoms with Crippen LogP contribution in [-0.2, 0) is 10.0 Å². The zero-order valence-corrected chi connectivity index (χ0v) is 17.0. The number of fused-ring (bicyclic) bond motifs is 2. The Morgan fingerprint density at radius 2 is 1.57 bits per heavy atom. The first kappa shape index (κ1) is 18.5. The van der Waals surface area contributed by atoms with E-state index in [1.165, 1.54) is 9.71 Å². The van der Waals surface area contributed by atoms with Gasteiger partial charge in [0, 0.05) is 28.9 Å². The van der Waals surface area contributed by atoms with Crippen molar-refractivity contribution in [3.05, 3.63) is 119 Å². The van der Waals surface area contributed by atoms with E-state index in [2.05, 4.69) is 4.98 Å². The minimum absolute atomic E-state index is 0.451. The molecule has 1 N–H and O–H groups in total. The van der Waals surface area contributed by atoms with E-state index >= 15 is 0 Å². The van der Waals surface area contributed by atoms with Crippen LogP contribution in [0.5, 0.6) is 0 Å². The Hall–Kier alpha value is -3.57. The number of aromatic amines is 1. The van der Waals surface area contributed by atoms with Crippen molar-refractivity contribution < 1.29 is 8.42 Å². The fourth-order valence-corrected chi connectivity index (χ4v) is 5.17. The molecule has 0 saturated heterocycles. The molecule has 5 heteroatoms. The van der Waals surface area contributed by atoms with Crippen LogP contribution in [0.1, 0.15) is 28.3 Å². The SMILES string of the molecule is O=S(=O)(/C=C\c1ccccc1)N1C=Cc2ccccc2[C@H]1c1c[nH]c2ccccc12. The first-order valence-corrected chi connectivity index (χ1v) is 11.2. The van der Waals surface area contributed by atoms with Gasteiger partial charge in [0.05, 0.1) is 11.4 Å². The molecule has 0 amide bonds. The monoisotopic (exact) mass is 412 g/mol. The molecule has 1 aromatic heterocycles. The lowest BCUT2D eigenvalue weighted by Crippen LogP contribution is -2.31. The van der Waals surface area contributed by atoms with Crippen molar-refractivity contribution in [2.75, 3.05) is 0 Å². The number of aromatic nitrogens is 1. The largest absolute Gasteiger partial charge is 0.361 e. The fraction of sp³-hybridized carbons (Fsp3) is 0.0400. The van der Waals surface area contributed by atoms with Gasteiger partial charge >= 0.3 is 0 Å². The smallest absolute Gasteiger partial charge is 0.257 e. The minimum atomic E-state index is -3.72. The third-order valence-electron chi connectivity index (χ3n) is 5.39. The summed E-state index contributed by atoms with van der Waals surface area (Å²) in [6.45, 7) is 0. The van der Waals surface area contributed by atoms with E-state index in [0.29, 0.717) is 0 Å². The van der Waals surface area contributed by atoms with Gasteiger partial charge in [-0.15, -0.1) is 0 Å². The van der Waals surface area contributed by atoms with E-state index < -0.39 is 16.1 Å². The molecule has 148 valence electrons. The van der Waals surface area contributed by atoms with Crippen molar-refractivity contribution in [3.8, 4) is 0 Å². The van der Waals surface area contributed by atoms with Crippen LogP contribution in [0.15, 0.2) is 96.7 Å². The summed E-state index contributed by atoms with van der Waals surface area (Å²) in [5, 5.41) is 2.29. The normalized spacial score (nSPS) is 16.3. The minimum Gasteiger partial charge on any atom is -0.361 e. The topological polar surface area (TPSA) is 53.2 Å². The summed E-state index contributed by atoms with van der Waals surface area (Å²) in [6.07, 6.45) is 7.07. The number of hydrogen-bond donors (Lipinski definition) is 1. The number of nitrogens with zero attached hydrogens (tertiary/aromatic N) is 1. The molecular weight excluding hydrogens is 392 g/mol. The molecule has 30 heavy (non-hydrogen) atoms. The highest BCUT2D eigenvalue weighted by molar-refractivity contribution is 7.92. The van der Waals surface area contributed by atoms with Crippen LogP contribution in [0, 0.1) is 0 Å². The van der Waals surface area contributed by atoms with Gasteiger partial charge in [0.25, 0.3) is 10.0 Å². The molecule has 4 aromatic rings. The Bertz CT molecular complexity index is 1370. The third kappa shape index (κ3) is 3.23. The van der Waals surface area contributed by atoms with Crippen LogP contribution in [-0.4, -0.2) is 17.7 Å². The zero-order chi connectivity index (χ0) is 20.6. The van der Waals surface area contributed by atoms with Gasteiger partial charge in [0.15, 0.2) is 0 Å². The van der Waals surface area contributed by atoms with Gasteiger partial charge in [0.2, 0.25) is 0 Å². The van der Waals surface area contributed by atoms with Gasteiger partial charge in [-0.2, -0.15) is 0 Å². The molecular formula is C25H20N2O2S. The number of hydrogen-bond acceptors (Lipinski definition) is 2. The van der Waals surface area contributed by atoms with Crippen LogP contribution >= 0.6 is 0 Å². The predicted octanol–water partition coefficient (Wildman–Crippen LogP) is 5.54. The van der Waals surface area contributed by atoms with Crippen molar-refractivity contribution in [1.82, 2.24) is 9.29 Å². The van der Waals surface area contributed by atoms with Crippen LogP contribution in [0.3, 0.4) is 0 Å². The van der Waals surface area contributed by atoms with Crippen LogP contribution < -0.4 is 0 Å². The predicted molar refractivity (Wildman–Crippen MR) is 122 cm³/mol. The number of para-hydroxylation sites is 1. The third-order valence-corrected chi connectivity index (χ3v) is 6.79. The molecule has 0 saturated carbocycles. The lowest BCUT2D eigenvalue weighted by Gasteiger charge is -2.33. The average Bonchev–Trinajstić information content (AvgIpc) is 3.21. The molecule has 0 radical (unpaired) electrons. The van der Waals surface area contributed by atoms with Crippen LogP contribution in [0.25, 0.3) is 23.1 Å². The molecule has 4 nitrogen and oxygen atoms in total. The first-order valence-electron chi connectivity index (χ1n) is 9.73. The summed E-state index contributed by atoms with van der Waals surface area (Å²) >= 11 is 0. The molecule has 1 atom stereocenters. The van der Waals surface area contributed by atoms with Gasteiger partial charge in [-0.05, 0) is 34.9 Å². The Balaban J connectivity index is 1.64. The highest BCUT2D eigenvalue weighted by Crippen LogP contribution is 2.40. The van der Waals surface area contributed by atoms with E-state index in [4.69, 9.17) is 0 Å². The number of nitrogens with one attached hydrogen (secondary N) is 1. The molecule has 3 aromatic carbocycles. The standard InChI is InChI=1S/C25H20N2O2S/c28-30(29,17-15-19-8-2-1-3-9-19)27-16-14-20-10-4-5-11-21(20)25(27)23-18-26-24-13-7-6-12-22(23)24/h1-18,25-26H/b17-15-/t25-/m0/s1. The van der Waals surface area contributed by atoms with Gasteiger partial charge in [-0.3, -0.25) is 4.31 Å². The number of sulfonamides is 1. The van der Waals surface area contributed by atoms with Crippen molar-refractivity contribution in [2.24, 2.45) is 0 Å². The average molecular weight is 413 g/mol. The molecule has 0 bridgehead atoms. The number of benzene rings is 3. The maximum atomic E-state index is 13.4. The maximum absolute atomic E-state index is 13.4. The molecule has 0 spiro atoms. The molecule has 0 fully saturated rings. The van der Waals surface area contributed by atoms with Gasteiger partial charge < -0.3 is 4.98 Å². The van der Waals surface area contributed by atoms with Crippen LogP contribution in [0.4, 0.5) is 0 Å². The van der Waals surface area contributed by atoms with Crippen molar-refractivity contribution in [1.29, 1.82) is 0 Å². The fourth-order valence-electron chi connectivity index (χ4n) is 3.94. The second-order valence-electron chi connectivity index (χ2n) is 7.23. The summed E-state index contributed by atoms with van der Waals surface area (Å²) in [7, 11) is -3.72. The van der Waals surface area contributed by atoms with E-state index in [1.54, 1.807) is 12.3 Å². The van der Waals surface area contributed by atoms with E-state index in [9.17, 15) is 8.42 Å². The zero-order valence-electron chi connectivity index (χ0n) is 16.1. The molecule has 1 aliphatic heterocycles. The lowest BCUT2D eigenvalue weighted by molar-refractivity contribution is 0.456. The maximum Gasteiger partial charge on any atom is 0.257 e.